The average molecular weight is 286 g/mol. The molecule has 5 nitrogen and oxygen atoms in total. The number of nitrogens with one attached hydrogen (secondary N) is 1. The Hall–Kier alpha value is -2.56. The lowest BCUT2D eigenvalue weighted by Gasteiger charge is -2.17. The van der Waals surface area contributed by atoms with Gasteiger partial charge < -0.3 is 15.2 Å². The van der Waals surface area contributed by atoms with Gasteiger partial charge in [-0.2, -0.15) is 0 Å². The molecule has 21 heavy (non-hydrogen) atoms. The number of carbonyl (C=O) groups is 1. The van der Waals surface area contributed by atoms with Gasteiger partial charge in [-0.15, -0.1) is 0 Å². The number of aromatic nitrogens is 1. The van der Waals surface area contributed by atoms with Gasteiger partial charge in [0.1, 0.15) is 17.1 Å². The van der Waals surface area contributed by atoms with Crippen LogP contribution in [0.5, 0.6) is 5.75 Å². The lowest BCUT2D eigenvalue weighted by atomic mass is 10.1. The van der Waals surface area contributed by atoms with E-state index in [9.17, 15) is 9.90 Å². The van der Waals surface area contributed by atoms with Gasteiger partial charge in [-0.3, -0.25) is 0 Å². The number of methoxy groups -OCH3 is 1. The van der Waals surface area contributed by atoms with Crippen molar-refractivity contribution in [3.63, 3.8) is 0 Å². The zero-order valence-corrected chi connectivity index (χ0v) is 12.3. The third-order valence-corrected chi connectivity index (χ3v) is 3.23. The summed E-state index contributed by atoms with van der Waals surface area (Å²) in [6.45, 7) is 3.78. The molecule has 1 unspecified atom stereocenters. The summed E-state index contributed by atoms with van der Waals surface area (Å²) in [5.41, 5.74) is 1.96. The van der Waals surface area contributed by atoms with Crippen LogP contribution in [0.2, 0.25) is 0 Å². The molecule has 1 heterocycles. The normalized spacial score (nSPS) is 11.8. The Kier molecular flexibility index (Phi) is 4.42. The third-order valence-electron chi connectivity index (χ3n) is 3.23. The second kappa shape index (κ2) is 6.26. The molecule has 2 rings (SSSR count). The van der Waals surface area contributed by atoms with Crippen LogP contribution in [0.25, 0.3) is 0 Å². The number of pyridine rings is 1. The predicted molar refractivity (Wildman–Crippen MR) is 81.0 cm³/mol. The SMILES string of the molecule is COc1ccc(C(C)Nc2nc(C)ccc2C(=O)O)cc1. The Morgan fingerprint density at radius 1 is 1.24 bits per heavy atom. The van der Waals surface area contributed by atoms with E-state index in [0.717, 1.165) is 17.0 Å². The fourth-order valence-corrected chi connectivity index (χ4v) is 2.02. The molecule has 0 aliphatic heterocycles. The molecule has 0 aliphatic rings. The molecule has 2 N–H and O–H groups in total. The van der Waals surface area contributed by atoms with E-state index in [4.69, 9.17) is 4.74 Å². The Morgan fingerprint density at radius 2 is 1.90 bits per heavy atom. The first-order valence-electron chi connectivity index (χ1n) is 6.62. The molecule has 0 spiro atoms. The molecular weight excluding hydrogens is 268 g/mol. The van der Waals surface area contributed by atoms with E-state index in [1.807, 2.05) is 38.1 Å². The summed E-state index contributed by atoms with van der Waals surface area (Å²) in [5.74, 6) is 0.170. The first kappa shape index (κ1) is 14.8. The molecule has 2 aromatic rings. The molecule has 0 fully saturated rings. The Morgan fingerprint density at radius 3 is 2.48 bits per heavy atom. The van der Waals surface area contributed by atoms with E-state index in [1.54, 1.807) is 19.2 Å². The molecule has 5 heteroatoms. The van der Waals surface area contributed by atoms with Gasteiger partial charge in [-0.1, -0.05) is 12.1 Å². The minimum atomic E-state index is -0.994. The minimum absolute atomic E-state index is 0.0664. The minimum Gasteiger partial charge on any atom is -0.497 e. The molecule has 0 radical (unpaired) electrons. The second-order valence-corrected chi connectivity index (χ2v) is 4.79. The lowest BCUT2D eigenvalue weighted by molar-refractivity contribution is 0.0697. The zero-order valence-electron chi connectivity index (χ0n) is 12.3. The highest BCUT2D eigenvalue weighted by Gasteiger charge is 2.14. The van der Waals surface area contributed by atoms with Gasteiger partial charge in [0.05, 0.1) is 7.11 Å². The number of nitrogens with zero attached hydrogens (tertiary/aromatic N) is 1. The summed E-state index contributed by atoms with van der Waals surface area (Å²) in [5, 5.41) is 12.4. The molecule has 1 atom stereocenters. The van der Waals surface area contributed by atoms with Gasteiger partial charge in [-0.25, -0.2) is 9.78 Å². The van der Waals surface area contributed by atoms with Gasteiger partial charge in [0.2, 0.25) is 0 Å². The largest absolute Gasteiger partial charge is 0.497 e. The van der Waals surface area contributed by atoms with Crippen LogP contribution in [-0.4, -0.2) is 23.2 Å². The standard InChI is InChI=1S/C16H18N2O3/c1-10-4-9-14(16(19)20)15(17-10)18-11(2)12-5-7-13(21-3)8-6-12/h4-9,11H,1-3H3,(H,17,18)(H,19,20). The number of anilines is 1. The van der Waals surface area contributed by atoms with Crippen molar-refractivity contribution < 1.29 is 14.6 Å². The van der Waals surface area contributed by atoms with Crippen molar-refractivity contribution in [1.82, 2.24) is 4.98 Å². The van der Waals surface area contributed by atoms with Gasteiger partial charge in [0.25, 0.3) is 0 Å². The maximum atomic E-state index is 11.2. The number of carboxylic acids is 1. The molecule has 0 amide bonds. The topological polar surface area (TPSA) is 71.5 Å². The summed E-state index contributed by atoms with van der Waals surface area (Å²) >= 11 is 0. The molecule has 110 valence electrons. The Labute approximate surface area is 123 Å². The molecule has 1 aromatic carbocycles. The second-order valence-electron chi connectivity index (χ2n) is 4.79. The van der Waals surface area contributed by atoms with Crippen LogP contribution in [0.1, 0.15) is 34.6 Å². The van der Waals surface area contributed by atoms with Crippen molar-refractivity contribution >= 4 is 11.8 Å². The lowest BCUT2D eigenvalue weighted by Crippen LogP contribution is -2.12. The Balaban J connectivity index is 2.24. The average Bonchev–Trinajstić information content (AvgIpc) is 2.47. The van der Waals surface area contributed by atoms with E-state index in [2.05, 4.69) is 10.3 Å². The van der Waals surface area contributed by atoms with Crippen molar-refractivity contribution in [3.8, 4) is 5.75 Å². The van der Waals surface area contributed by atoms with E-state index in [1.165, 1.54) is 0 Å². The molecular formula is C16H18N2O3. The van der Waals surface area contributed by atoms with Crippen molar-refractivity contribution in [2.75, 3.05) is 12.4 Å². The smallest absolute Gasteiger partial charge is 0.339 e. The number of aryl methyl sites for hydroxylation is 1. The summed E-state index contributed by atoms with van der Waals surface area (Å²) < 4.78 is 5.12. The molecule has 0 aliphatic carbocycles. The zero-order chi connectivity index (χ0) is 15.4. The Bertz CT molecular complexity index is 638. The van der Waals surface area contributed by atoms with Crippen LogP contribution < -0.4 is 10.1 Å². The molecule has 0 saturated heterocycles. The van der Waals surface area contributed by atoms with Crippen LogP contribution in [0.15, 0.2) is 36.4 Å². The number of rotatable bonds is 5. The van der Waals surface area contributed by atoms with E-state index in [-0.39, 0.29) is 11.6 Å². The van der Waals surface area contributed by atoms with Crippen LogP contribution >= 0.6 is 0 Å². The van der Waals surface area contributed by atoms with Crippen molar-refractivity contribution in [3.05, 3.63) is 53.2 Å². The van der Waals surface area contributed by atoms with Crippen LogP contribution in [0, 0.1) is 6.92 Å². The van der Waals surface area contributed by atoms with Crippen molar-refractivity contribution in [2.24, 2.45) is 0 Å². The highest BCUT2D eigenvalue weighted by molar-refractivity contribution is 5.93. The van der Waals surface area contributed by atoms with Gasteiger partial charge in [0, 0.05) is 11.7 Å². The van der Waals surface area contributed by atoms with Crippen LogP contribution in [0.4, 0.5) is 5.82 Å². The number of carboxylic acid groups (broad SMARTS) is 1. The fourth-order valence-electron chi connectivity index (χ4n) is 2.02. The first-order valence-corrected chi connectivity index (χ1v) is 6.62. The van der Waals surface area contributed by atoms with Gasteiger partial charge in [-0.05, 0) is 43.7 Å². The van der Waals surface area contributed by atoms with Crippen LogP contribution in [0.3, 0.4) is 0 Å². The molecule has 0 bridgehead atoms. The monoisotopic (exact) mass is 286 g/mol. The maximum absolute atomic E-state index is 11.2. The van der Waals surface area contributed by atoms with E-state index < -0.39 is 5.97 Å². The molecule has 0 saturated carbocycles. The van der Waals surface area contributed by atoms with Gasteiger partial charge >= 0.3 is 5.97 Å². The number of benzene rings is 1. The quantitative estimate of drug-likeness (QED) is 0.882. The number of hydrogen-bond acceptors (Lipinski definition) is 4. The van der Waals surface area contributed by atoms with Crippen LogP contribution in [-0.2, 0) is 0 Å². The summed E-state index contributed by atoms with van der Waals surface area (Å²) in [4.78, 5) is 15.5. The van der Waals surface area contributed by atoms with E-state index >= 15 is 0 Å². The molecule has 1 aromatic heterocycles. The fraction of sp³-hybridized carbons (Fsp3) is 0.250. The van der Waals surface area contributed by atoms with E-state index in [0.29, 0.717) is 5.82 Å². The van der Waals surface area contributed by atoms with Gasteiger partial charge in [0.15, 0.2) is 0 Å². The predicted octanol–water partition coefficient (Wildman–Crippen LogP) is 3.27. The number of ether oxygens (including phenoxy) is 1. The maximum Gasteiger partial charge on any atom is 0.339 e. The summed E-state index contributed by atoms with van der Waals surface area (Å²) in [7, 11) is 1.62. The first-order chi connectivity index (χ1) is 10.0. The van der Waals surface area contributed by atoms with Crippen molar-refractivity contribution in [2.45, 2.75) is 19.9 Å². The highest BCUT2D eigenvalue weighted by Crippen LogP contribution is 2.23. The number of aromatic carboxylic acids is 1. The number of hydrogen-bond donors (Lipinski definition) is 2. The summed E-state index contributed by atoms with van der Waals surface area (Å²) in [6.07, 6.45) is 0. The highest BCUT2D eigenvalue weighted by atomic mass is 16.5. The summed E-state index contributed by atoms with van der Waals surface area (Å²) in [6, 6.07) is 10.8. The third kappa shape index (κ3) is 3.51. The van der Waals surface area contributed by atoms with Crippen molar-refractivity contribution in [1.29, 1.82) is 0 Å².